The fraction of sp³-hybridized carbons (Fsp3) is 0.800. The predicted molar refractivity (Wildman–Crippen MR) is 54.0 cm³/mol. The minimum Gasteiger partial charge on any atom is -0.469 e. The Bertz CT molecular complexity index is 202. The van der Waals surface area contributed by atoms with Crippen LogP contribution in [0.1, 0.15) is 26.7 Å². The Balaban J connectivity index is 3.69. The summed E-state index contributed by atoms with van der Waals surface area (Å²) < 4.78 is 4.40. The van der Waals surface area contributed by atoms with Gasteiger partial charge in [-0.15, -0.1) is 0 Å². The number of methoxy groups -OCH3 is 1. The van der Waals surface area contributed by atoms with Crippen LogP contribution in [0.4, 0.5) is 0 Å². The monoisotopic (exact) mass is 201 g/mol. The van der Waals surface area contributed by atoms with Gasteiger partial charge < -0.3 is 9.64 Å². The number of hydrogen-bond acceptors (Lipinski definition) is 4. The molecule has 0 saturated carbocycles. The Morgan fingerprint density at radius 2 is 1.93 bits per heavy atom. The highest BCUT2D eigenvalue weighted by molar-refractivity contribution is 5.95. The fourth-order valence-electron chi connectivity index (χ4n) is 0.881. The van der Waals surface area contributed by atoms with Gasteiger partial charge in [-0.25, -0.2) is 0 Å². The molecule has 0 aliphatic rings. The Hall–Kier alpha value is -0.900. The molecule has 0 aromatic carbocycles. The van der Waals surface area contributed by atoms with E-state index in [1.165, 1.54) is 7.11 Å². The van der Waals surface area contributed by atoms with Crippen molar-refractivity contribution in [2.75, 3.05) is 20.7 Å². The van der Waals surface area contributed by atoms with Gasteiger partial charge in [0.2, 0.25) is 0 Å². The van der Waals surface area contributed by atoms with E-state index in [9.17, 15) is 9.59 Å². The number of ether oxygens (including phenoxy) is 1. The second kappa shape index (κ2) is 6.54. The van der Waals surface area contributed by atoms with Crippen molar-refractivity contribution in [3.63, 3.8) is 0 Å². The Morgan fingerprint density at radius 3 is 2.36 bits per heavy atom. The molecule has 0 radical (unpaired) electrons. The lowest BCUT2D eigenvalue weighted by atomic mass is 10.2. The van der Waals surface area contributed by atoms with Gasteiger partial charge in [0.15, 0.2) is 0 Å². The molecule has 0 spiro atoms. The summed E-state index contributed by atoms with van der Waals surface area (Å²) in [6.07, 6.45) is 0.298. The molecule has 0 amide bonds. The first-order valence-corrected chi connectivity index (χ1v) is 4.76. The molecule has 0 N–H and O–H groups in total. The van der Waals surface area contributed by atoms with Crippen LogP contribution in [0.25, 0.3) is 0 Å². The first-order valence-electron chi connectivity index (χ1n) is 4.76. The van der Waals surface area contributed by atoms with Crippen molar-refractivity contribution in [1.29, 1.82) is 0 Å². The molecule has 0 aliphatic carbocycles. The van der Waals surface area contributed by atoms with Crippen LogP contribution in [-0.2, 0) is 14.3 Å². The van der Waals surface area contributed by atoms with Crippen molar-refractivity contribution in [2.45, 2.75) is 32.7 Å². The first-order chi connectivity index (χ1) is 6.47. The molecule has 14 heavy (non-hydrogen) atoms. The van der Waals surface area contributed by atoms with Crippen LogP contribution in [0.5, 0.6) is 0 Å². The smallest absolute Gasteiger partial charge is 0.313 e. The van der Waals surface area contributed by atoms with E-state index in [-0.39, 0.29) is 12.2 Å². The summed E-state index contributed by atoms with van der Waals surface area (Å²) in [5, 5.41) is 0. The van der Waals surface area contributed by atoms with Gasteiger partial charge in [0.1, 0.15) is 12.2 Å². The number of carbonyl (C=O) groups is 2. The summed E-state index contributed by atoms with van der Waals surface area (Å²) in [5.74, 6) is -0.522. The lowest BCUT2D eigenvalue weighted by molar-refractivity contribution is -0.143. The maximum Gasteiger partial charge on any atom is 0.313 e. The molecule has 0 aromatic heterocycles. The van der Waals surface area contributed by atoms with Gasteiger partial charge in [0.25, 0.3) is 0 Å². The third-order valence-corrected chi connectivity index (χ3v) is 2.19. The van der Waals surface area contributed by atoms with Crippen molar-refractivity contribution >= 4 is 11.8 Å². The van der Waals surface area contributed by atoms with Gasteiger partial charge in [0, 0.05) is 19.0 Å². The van der Waals surface area contributed by atoms with Crippen LogP contribution in [-0.4, -0.2) is 43.4 Å². The molecule has 0 saturated heterocycles. The van der Waals surface area contributed by atoms with Gasteiger partial charge in [-0.05, 0) is 20.9 Å². The summed E-state index contributed by atoms with van der Waals surface area (Å²) in [7, 11) is 3.24. The minimum atomic E-state index is -0.456. The summed E-state index contributed by atoms with van der Waals surface area (Å²) in [4.78, 5) is 24.0. The molecular formula is C10H19NO3. The molecule has 0 bridgehead atoms. The number of nitrogens with zero attached hydrogens (tertiary/aromatic N) is 1. The van der Waals surface area contributed by atoms with Crippen LogP contribution in [0.3, 0.4) is 0 Å². The molecule has 0 heterocycles. The molecular weight excluding hydrogens is 182 g/mol. The Kier molecular flexibility index (Phi) is 6.12. The number of Topliss-reactive ketones (excluding diaryl/α,β-unsaturated/α-hetero) is 1. The Labute approximate surface area is 85.2 Å². The summed E-state index contributed by atoms with van der Waals surface area (Å²) in [6.45, 7) is 4.81. The zero-order chi connectivity index (χ0) is 11.1. The third kappa shape index (κ3) is 5.70. The lowest BCUT2D eigenvalue weighted by Crippen LogP contribution is -2.29. The minimum absolute atomic E-state index is 0.0654. The zero-order valence-corrected chi connectivity index (χ0v) is 9.37. The van der Waals surface area contributed by atoms with Gasteiger partial charge in [-0.2, -0.15) is 0 Å². The summed E-state index contributed by atoms with van der Waals surface area (Å²) >= 11 is 0. The van der Waals surface area contributed by atoms with E-state index in [0.717, 1.165) is 0 Å². The number of ketones is 1. The molecule has 82 valence electrons. The van der Waals surface area contributed by atoms with Crippen molar-refractivity contribution in [2.24, 2.45) is 0 Å². The SMILES string of the molecule is COC(=O)CC(=O)CCN(C)C(C)C. The number of hydrogen-bond donors (Lipinski definition) is 0. The average molecular weight is 201 g/mol. The number of carbonyl (C=O) groups excluding carboxylic acids is 2. The van der Waals surface area contributed by atoms with Gasteiger partial charge in [-0.3, -0.25) is 9.59 Å². The van der Waals surface area contributed by atoms with E-state index in [1.54, 1.807) is 0 Å². The maximum absolute atomic E-state index is 11.2. The highest BCUT2D eigenvalue weighted by atomic mass is 16.5. The maximum atomic E-state index is 11.2. The fourth-order valence-corrected chi connectivity index (χ4v) is 0.881. The van der Waals surface area contributed by atoms with E-state index in [0.29, 0.717) is 19.0 Å². The summed E-state index contributed by atoms with van der Waals surface area (Å²) in [5.41, 5.74) is 0. The van der Waals surface area contributed by atoms with Crippen LogP contribution in [0.2, 0.25) is 0 Å². The largest absolute Gasteiger partial charge is 0.469 e. The van der Waals surface area contributed by atoms with Crippen LogP contribution in [0, 0.1) is 0 Å². The van der Waals surface area contributed by atoms with Crippen molar-refractivity contribution in [1.82, 2.24) is 4.90 Å². The van der Waals surface area contributed by atoms with E-state index < -0.39 is 5.97 Å². The van der Waals surface area contributed by atoms with Crippen LogP contribution >= 0.6 is 0 Å². The average Bonchev–Trinajstić information content (AvgIpc) is 2.13. The van der Waals surface area contributed by atoms with Crippen LogP contribution < -0.4 is 0 Å². The molecule has 0 aromatic rings. The molecule has 0 atom stereocenters. The second-order valence-electron chi connectivity index (χ2n) is 3.62. The lowest BCUT2D eigenvalue weighted by Gasteiger charge is -2.20. The van der Waals surface area contributed by atoms with Gasteiger partial charge in [-0.1, -0.05) is 0 Å². The number of rotatable bonds is 6. The highest BCUT2D eigenvalue weighted by Gasteiger charge is 2.11. The quantitative estimate of drug-likeness (QED) is 0.472. The van der Waals surface area contributed by atoms with Crippen LogP contribution in [0.15, 0.2) is 0 Å². The van der Waals surface area contributed by atoms with E-state index >= 15 is 0 Å². The normalized spacial score (nSPS) is 10.7. The second-order valence-corrected chi connectivity index (χ2v) is 3.62. The van der Waals surface area contributed by atoms with Crippen molar-refractivity contribution < 1.29 is 14.3 Å². The van der Waals surface area contributed by atoms with Crippen molar-refractivity contribution in [3.8, 4) is 0 Å². The molecule has 4 heteroatoms. The van der Waals surface area contributed by atoms with E-state index in [4.69, 9.17) is 0 Å². The zero-order valence-electron chi connectivity index (χ0n) is 9.37. The molecule has 0 unspecified atom stereocenters. The number of esters is 1. The standard InChI is InChI=1S/C10H19NO3/c1-8(2)11(3)6-5-9(12)7-10(13)14-4/h8H,5-7H2,1-4H3. The predicted octanol–water partition coefficient (Wildman–Crippen LogP) is 0.849. The van der Waals surface area contributed by atoms with Gasteiger partial charge >= 0.3 is 5.97 Å². The first kappa shape index (κ1) is 13.1. The third-order valence-electron chi connectivity index (χ3n) is 2.19. The molecule has 0 rings (SSSR count). The van der Waals surface area contributed by atoms with E-state index in [2.05, 4.69) is 23.5 Å². The van der Waals surface area contributed by atoms with Gasteiger partial charge in [0.05, 0.1) is 7.11 Å². The van der Waals surface area contributed by atoms with Crippen molar-refractivity contribution in [3.05, 3.63) is 0 Å². The summed E-state index contributed by atoms with van der Waals surface area (Å²) in [6, 6.07) is 0.418. The topological polar surface area (TPSA) is 46.6 Å². The molecule has 0 aliphatic heterocycles. The molecule has 0 fully saturated rings. The van der Waals surface area contributed by atoms with E-state index in [1.807, 2.05) is 7.05 Å². The molecule has 4 nitrogen and oxygen atoms in total. The Morgan fingerprint density at radius 1 is 1.36 bits per heavy atom. The highest BCUT2D eigenvalue weighted by Crippen LogP contribution is 1.98.